The third kappa shape index (κ3) is 0.636. The number of hydrogen-bond donors (Lipinski definition) is 1. The molecule has 0 aromatic carbocycles. The van der Waals surface area contributed by atoms with Gasteiger partial charge in [-0.2, -0.15) is 0 Å². The van der Waals surface area contributed by atoms with E-state index in [1.54, 1.807) is 5.51 Å². The van der Waals surface area contributed by atoms with Crippen molar-refractivity contribution in [2.45, 2.75) is 0 Å². The summed E-state index contributed by atoms with van der Waals surface area (Å²) in [5, 5.41) is 6.79. The fraction of sp³-hybridized carbons (Fsp3) is 0. The molecule has 1 heterocycles. The summed E-state index contributed by atoms with van der Waals surface area (Å²) in [4.78, 5) is 4.02. The minimum Gasteiger partial charge on any atom is -0.273 e. The lowest BCUT2D eigenvalue weighted by Crippen LogP contribution is -1.88. The number of nitrogens with zero attached hydrogens (tertiary/aromatic N) is 1. The van der Waals surface area contributed by atoms with Gasteiger partial charge in [0.05, 0.1) is 5.51 Å². The lowest BCUT2D eigenvalue weighted by Gasteiger charge is -1.47. The second-order valence-electron chi connectivity index (χ2n) is 0.719. The number of nitrogens with one attached hydrogen (secondary N) is 1. The van der Waals surface area contributed by atoms with Crippen LogP contribution in [-0.2, 0) is 0 Å². The minimum atomic E-state index is 0.403. The maximum atomic E-state index is 6.79. The monoisotopic (exact) mass is 118 g/mol. The van der Waals surface area contributed by atoms with Crippen molar-refractivity contribution in [3.05, 3.63) is 10.3 Å². The molecule has 0 saturated heterocycles. The molecule has 1 rings (SSSR count). The highest BCUT2D eigenvalue weighted by Gasteiger charge is 1.71. The van der Waals surface area contributed by atoms with Crippen LogP contribution in [0, 0.1) is 5.41 Å². The van der Waals surface area contributed by atoms with Crippen LogP contribution in [0.2, 0.25) is 0 Å². The molecule has 1 aromatic heterocycles. The molecule has 0 bridgehead atoms. The van der Waals surface area contributed by atoms with Crippen LogP contribution >= 0.6 is 20.7 Å². The summed E-state index contributed by atoms with van der Waals surface area (Å²) in [5.74, 6) is 0. The zero-order valence-electron chi connectivity index (χ0n) is 2.84. The molecule has 0 atom stereocenters. The fourth-order valence-electron chi connectivity index (χ4n) is 0.158. The highest BCUT2D eigenvalue weighted by Crippen LogP contribution is 1.91. The topological polar surface area (TPSA) is 36.7 Å². The fourth-order valence-corrected chi connectivity index (χ4v) is 1.26. The van der Waals surface area contributed by atoms with Gasteiger partial charge in [-0.05, 0) is 10.3 Å². The van der Waals surface area contributed by atoms with E-state index in [0.29, 0.717) is 4.80 Å². The van der Waals surface area contributed by atoms with Crippen molar-refractivity contribution in [1.29, 1.82) is 5.41 Å². The zero-order chi connectivity index (χ0) is 4.41. The van der Waals surface area contributed by atoms with Gasteiger partial charge in [0, 0.05) is 0 Å². The summed E-state index contributed by atoms with van der Waals surface area (Å²) in [6.07, 6.45) is 0. The van der Waals surface area contributed by atoms with Crippen molar-refractivity contribution in [2.24, 2.45) is 0 Å². The summed E-state index contributed by atoms with van der Waals surface area (Å²) >= 11 is 0. The second-order valence-corrected chi connectivity index (χ2v) is 2.75. The SMILES string of the molecule is N=c1ncss1. The summed E-state index contributed by atoms with van der Waals surface area (Å²) in [6.45, 7) is 0. The molecular formula is C2H2N2S2. The van der Waals surface area contributed by atoms with Gasteiger partial charge in [-0.25, -0.2) is 4.98 Å². The van der Waals surface area contributed by atoms with Crippen LogP contribution in [0.4, 0.5) is 0 Å². The molecule has 2 nitrogen and oxygen atoms in total. The van der Waals surface area contributed by atoms with Gasteiger partial charge in [-0.1, -0.05) is 10.3 Å². The smallest absolute Gasteiger partial charge is 0.212 e. The first-order valence-electron chi connectivity index (χ1n) is 1.34. The Bertz CT molecular complexity index is 147. The van der Waals surface area contributed by atoms with Gasteiger partial charge in [-0.3, -0.25) is 5.41 Å². The second kappa shape index (κ2) is 1.49. The normalized spacial score (nSPS) is 8.67. The quantitative estimate of drug-likeness (QED) is 0.500. The molecule has 0 amide bonds. The Kier molecular flexibility index (Phi) is 0.979. The van der Waals surface area contributed by atoms with E-state index in [1.807, 2.05) is 0 Å². The average Bonchev–Trinajstić information content (AvgIpc) is 1.86. The predicted molar refractivity (Wildman–Crippen MR) is 25.8 cm³/mol. The van der Waals surface area contributed by atoms with Crippen molar-refractivity contribution in [2.75, 3.05) is 0 Å². The van der Waals surface area contributed by atoms with Gasteiger partial charge in [-0.15, -0.1) is 0 Å². The van der Waals surface area contributed by atoms with Crippen LogP contribution in [0.3, 0.4) is 0 Å². The van der Waals surface area contributed by atoms with Crippen LogP contribution in [0.15, 0.2) is 5.51 Å². The van der Waals surface area contributed by atoms with E-state index in [4.69, 9.17) is 5.41 Å². The Morgan fingerprint density at radius 3 is 2.83 bits per heavy atom. The molecule has 0 spiro atoms. The molecule has 0 fully saturated rings. The summed E-state index contributed by atoms with van der Waals surface area (Å²) in [5.41, 5.74) is 1.66. The first-order chi connectivity index (χ1) is 2.89. The van der Waals surface area contributed by atoms with Crippen LogP contribution in [0.25, 0.3) is 0 Å². The van der Waals surface area contributed by atoms with Gasteiger partial charge in [0.15, 0.2) is 0 Å². The Hall–Kier alpha value is -0.220. The van der Waals surface area contributed by atoms with Crippen molar-refractivity contribution < 1.29 is 0 Å². The maximum absolute atomic E-state index is 6.79. The predicted octanol–water partition coefficient (Wildman–Crippen LogP) is 0.684. The number of rotatable bonds is 0. The zero-order valence-corrected chi connectivity index (χ0v) is 4.47. The van der Waals surface area contributed by atoms with E-state index in [2.05, 4.69) is 4.98 Å². The first-order valence-corrected chi connectivity index (χ1v) is 3.55. The largest absolute Gasteiger partial charge is 0.273 e. The van der Waals surface area contributed by atoms with Crippen LogP contribution in [0.5, 0.6) is 0 Å². The Morgan fingerprint density at radius 2 is 2.67 bits per heavy atom. The molecule has 1 aromatic rings. The molecule has 0 radical (unpaired) electrons. The van der Waals surface area contributed by atoms with E-state index in [1.165, 1.54) is 20.7 Å². The molecule has 0 aliphatic heterocycles. The molecule has 6 heavy (non-hydrogen) atoms. The molecule has 0 aliphatic carbocycles. The maximum Gasteiger partial charge on any atom is 0.212 e. The van der Waals surface area contributed by atoms with Crippen molar-refractivity contribution in [1.82, 2.24) is 4.98 Å². The lowest BCUT2D eigenvalue weighted by molar-refractivity contribution is 1.19. The van der Waals surface area contributed by atoms with E-state index >= 15 is 0 Å². The third-order valence-electron chi connectivity index (χ3n) is 0.340. The summed E-state index contributed by atoms with van der Waals surface area (Å²) in [7, 11) is 2.86. The van der Waals surface area contributed by atoms with Crippen molar-refractivity contribution in [3.8, 4) is 0 Å². The minimum absolute atomic E-state index is 0.403. The molecule has 0 saturated carbocycles. The number of aromatic nitrogens is 1. The van der Waals surface area contributed by atoms with Crippen LogP contribution in [-0.4, -0.2) is 4.98 Å². The van der Waals surface area contributed by atoms with E-state index < -0.39 is 0 Å². The average molecular weight is 118 g/mol. The Morgan fingerprint density at radius 1 is 1.83 bits per heavy atom. The summed E-state index contributed by atoms with van der Waals surface area (Å²) < 4.78 is 0. The van der Waals surface area contributed by atoms with Crippen LogP contribution in [0.1, 0.15) is 0 Å². The van der Waals surface area contributed by atoms with Crippen molar-refractivity contribution >= 4 is 20.7 Å². The Balaban J connectivity index is 3.41. The highest BCUT2D eigenvalue weighted by atomic mass is 32.9. The van der Waals surface area contributed by atoms with E-state index in [9.17, 15) is 0 Å². The molecule has 32 valence electrons. The molecule has 4 heteroatoms. The Labute approximate surface area is 42.0 Å². The third-order valence-corrected chi connectivity index (χ3v) is 1.91. The van der Waals surface area contributed by atoms with Crippen LogP contribution < -0.4 is 4.80 Å². The lowest BCUT2D eigenvalue weighted by atomic mass is 11.4. The van der Waals surface area contributed by atoms with Crippen molar-refractivity contribution in [3.63, 3.8) is 0 Å². The van der Waals surface area contributed by atoms with Gasteiger partial charge in [0.1, 0.15) is 0 Å². The van der Waals surface area contributed by atoms with Gasteiger partial charge in [0.25, 0.3) is 0 Å². The molecule has 0 aliphatic rings. The van der Waals surface area contributed by atoms with E-state index in [0.717, 1.165) is 0 Å². The van der Waals surface area contributed by atoms with Gasteiger partial charge >= 0.3 is 0 Å². The molecular weight excluding hydrogens is 116 g/mol. The summed E-state index contributed by atoms with van der Waals surface area (Å²) in [6, 6.07) is 0. The van der Waals surface area contributed by atoms with E-state index in [-0.39, 0.29) is 0 Å². The highest BCUT2D eigenvalue weighted by molar-refractivity contribution is 7.67. The molecule has 0 unspecified atom stereocenters. The van der Waals surface area contributed by atoms with Gasteiger partial charge < -0.3 is 0 Å². The molecule has 1 N–H and O–H groups in total. The first kappa shape index (κ1) is 3.95. The number of hydrogen-bond acceptors (Lipinski definition) is 4. The standard InChI is InChI=1S/C2H2N2S2/c3-2-4-1-5-6-2/h1,3H. The van der Waals surface area contributed by atoms with Gasteiger partial charge in [0.2, 0.25) is 4.80 Å².